The van der Waals surface area contributed by atoms with Crippen molar-refractivity contribution in [3.05, 3.63) is 49.8 Å². The second-order valence-electron chi connectivity index (χ2n) is 8.23. The van der Waals surface area contributed by atoms with Gasteiger partial charge in [0.25, 0.3) is 5.56 Å². The van der Waals surface area contributed by atoms with E-state index >= 15 is 0 Å². The van der Waals surface area contributed by atoms with Gasteiger partial charge in [-0.1, -0.05) is 6.07 Å². The fraction of sp³-hybridized carbons (Fsp3) is 0.571. The van der Waals surface area contributed by atoms with Gasteiger partial charge < -0.3 is 9.88 Å². The van der Waals surface area contributed by atoms with Crippen LogP contribution in [0, 0.1) is 5.92 Å². The Hall–Kier alpha value is -1.99. The summed E-state index contributed by atoms with van der Waals surface area (Å²) in [6, 6.07) is 4.14. The Bertz CT molecular complexity index is 919. The molecule has 1 atom stereocenters. The van der Waals surface area contributed by atoms with Crippen molar-refractivity contribution in [3.8, 4) is 0 Å². The summed E-state index contributed by atoms with van der Waals surface area (Å²) in [6.07, 6.45) is 5.83. The Morgan fingerprint density at radius 1 is 1.25 bits per heavy atom. The number of carbonyl (C=O) groups is 1. The summed E-state index contributed by atoms with van der Waals surface area (Å²) >= 11 is 1.75. The van der Waals surface area contributed by atoms with Gasteiger partial charge >= 0.3 is 0 Å². The molecule has 2 aromatic heterocycles. The lowest BCUT2D eigenvalue weighted by atomic mass is 9.99. The van der Waals surface area contributed by atoms with Crippen molar-refractivity contribution in [1.29, 1.82) is 0 Å². The number of amides is 1. The van der Waals surface area contributed by atoms with Crippen LogP contribution in [0.15, 0.2) is 22.3 Å². The van der Waals surface area contributed by atoms with Gasteiger partial charge in [-0.3, -0.25) is 14.5 Å². The zero-order chi connectivity index (χ0) is 19.1. The van der Waals surface area contributed by atoms with E-state index in [1.807, 2.05) is 4.90 Å². The molecule has 2 aromatic rings. The molecule has 1 saturated heterocycles. The number of nitrogens with one attached hydrogen (secondary N) is 1. The number of thiophene rings is 1. The highest BCUT2D eigenvalue weighted by atomic mass is 32.1. The number of aromatic amines is 1. The van der Waals surface area contributed by atoms with Crippen molar-refractivity contribution in [1.82, 2.24) is 19.8 Å². The zero-order valence-corrected chi connectivity index (χ0v) is 16.8. The van der Waals surface area contributed by atoms with Crippen molar-refractivity contribution >= 4 is 17.2 Å². The number of likely N-dealkylation sites (tertiary alicyclic amines) is 1. The maximum Gasteiger partial charge on any atom is 0.255 e. The van der Waals surface area contributed by atoms with Crippen molar-refractivity contribution in [2.75, 3.05) is 13.1 Å². The molecule has 3 aliphatic rings. The highest BCUT2D eigenvalue weighted by Crippen LogP contribution is 2.37. The number of hydrogen-bond acceptors (Lipinski definition) is 5. The van der Waals surface area contributed by atoms with Gasteiger partial charge in [0.05, 0.1) is 17.3 Å². The van der Waals surface area contributed by atoms with E-state index in [1.165, 1.54) is 4.88 Å². The van der Waals surface area contributed by atoms with Gasteiger partial charge in [0.1, 0.15) is 5.82 Å². The molecule has 0 radical (unpaired) electrons. The van der Waals surface area contributed by atoms with Crippen LogP contribution in [0.4, 0.5) is 0 Å². The Kier molecular flexibility index (Phi) is 4.80. The number of hydrogen-bond donors (Lipinski definition) is 1. The number of H-pyrrole nitrogens is 1. The number of nitrogens with zero attached hydrogens (tertiary/aromatic N) is 3. The van der Waals surface area contributed by atoms with Crippen molar-refractivity contribution in [2.45, 2.75) is 57.7 Å². The van der Waals surface area contributed by atoms with Crippen LogP contribution >= 0.6 is 11.3 Å². The molecule has 0 aromatic carbocycles. The summed E-state index contributed by atoms with van der Waals surface area (Å²) < 4.78 is 0. The van der Waals surface area contributed by atoms with Crippen LogP contribution < -0.4 is 5.56 Å². The molecule has 1 aliphatic carbocycles. The minimum absolute atomic E-state index is 0.0275. The first-order valence-electron chi connectivity index (χ1n) is 10.4. The first kappa shape index (κ1) is 18.1. The summed E-state index contributed by atoms with van der Waals surface area (Å²) in [5.74, 6) is 1.16. The van der Waals surface area contributed by atoms with E-state index < -0.39 is 0 Å². The molecule has 1 amide bonds. The monoisotopic (exact) mass is 398 g/mol. The summed E-state index contributed by atoms with van der Waals surface area (Å²) in [4.78, 5) is 39.1. The van der Waals surface area contributed by atoms with E-state index in [0.29, 0.717) is 12.4 Å². The molecule has 2 aliphatic heterocycles. The van der Waals surface area contributed by atoms with E-state index in [0.717, 1.165) is 69.4 Å². The van der Waals surface area contributed by atoms with Crippen LogP contribution in [-0.2, 0) is 24.3 Å². The van der Waals surface area contributed by atoms with E-state index in [-0.39, 0.29) is 23.4 Å². The Morgan fingerprint density at radius 2 is 2.14 bits per heavy atom. The largest absolute Gasteiger partial charge is 0.332 e. The quantitative estimate of drug-likeness (QED) is 0.860. The average Bonchev–Trinajstić information content (AvgIpc) is 3.45. The Labute approximate surface area is 168 Å². The lowest BCUT2D eigenvalue weighted by Crippen LogP contribution is -2.42. The van der Waals surface area contributed by atoms with Crippen LogP contribution in [0.3, 0.4) is 0 Å². The molecular weight excluding hydrogens is 372 g/mol. The average molecular weight is 399 g/mol. The second-order valence-corrected chi connectivity index (χ2v) is 9.27. The van der Waals surface area contributed by atoms with Gasteiger partial charge in [0, 0.05) is 43.4 Å². The van der Waals surface area contributed by atoms with Gasteiger partial charge in [-0.05, 0) is 43.6 Å². The van der Waals surface area contributed by atoms with Gasteiger partial charge in [-0.25, -0.2) is 4.98 Å². The number of rotatable bonds is 4. The Balaban J connectivity index is 1.38. The van der Waals surface area contributed by atoms with E-state index in [9.17, 15) is 9.59 Å². The third kappa shape index (κ3) is 3.53. The van der Waals surface area contributed by atoms with Crippen LogP contribution in [-0.4, -0.2) is 38.8 Å². The molecule has 0 spiro atoms. The van der Waals surface area contributed by atoms with Crippen molar-refractivity contribution < 1.29 is 4.79 Å². The molecule has 1 saturated carbocycles. The summed E-state index contributed by atoms with van der Waals surface area (Å²) in [5, 5.41) is 2.09. The molecule has 7 heteroatoms. The highest BCUT2D eigenvalue weighted by molar-refractivity contribution is 7.09. The summed E-state index contributed by atoms with van der Waals surface area (Å²) in [6.45, 7) is 3.22. The smallest absolute Gasteiger partial charge is 0.255 e. The summed E-state index contributed by atoms with van der Waals surface area (Å²) in [7, 11) is 0. The molecule has 0 unspecified atom stereocenters. The number of piperidine rings is 1. The molecule has 148 valence electrons. The molecule has 5 rings (SSSR count). The van der Waals surface area contributed by atoms with Crippen LogP contribution in [0.5, 0.6) is 0 Å². The van der Waals surface area contributed by atoms with Gasteiger partial charge in [-0.2, -0.15) is 0 Å². The second kappa shape index (κ2) is 7.44. The number of carbonyl (C=O) groups excluding carboxylic acids is 1. The first-order valence-corrected chi connectivity index (χ1v) is 11.2. The molecule has 2 fully saturated rings. The predicted octanol–water partition coefficient (Wildman–Crippen LogP) is 2.85. The fourth-order valence-corrected chi connectivity index (χ4v) is 5.21. The topological polar surface area (TPSA) is 69.3 Å². The molecule has 6 nitrogen and oxygen atoms in total. The highest BCUT2D eigenvalue weighted by Gasteiger charge is 2.38. The van der Waals surface area contributed by atoms with Gasteiger partial charge in [0.2, 0.25) is 5.91 Å². The van der Waals surface area contributed by atoms with Crippen molar-refractivity contribution in [3.63, 3.8) is 0 Å². The molecule has 4 heterocycles. The van der Waals surface area contributed by atoms with Crippen LogP contribution in [0.2, 0.25) is 0 Å². The van der Waals surface area contributed by atoms with E-state index in [4.69, 9.17) is 4.98 Å². The van der Waals surface area contributed by atoms with Gasteiger partial charge in [-0.15, -0.1) is 11.3 Å². The van der Waals surface area contributed by atoms with E-state index in [1.54, 1.807) is 11.3 Å². The minimum atomic E-state index is -0.0657. The molecule has 1 N–H and O–H groups in total. The third-order valence-corrected chi connectivity index (χ3v) is 7.01. The molecule has 0 bridgehead atoms. The molecular formula is C21H26N4O2S. The zero-order valence-electron chi connectivity index (χ0n) is 16.0. The third-order valence-electron chi connectivity index (χ3n) is 6.15. The SMILES string of the molecule is O=C(C1CC1)N1CCCC[C@@H]1c1nc2c(c(=O)[nH]1)CN(Cc1cccs1)CC2. The summed E-state index contributed by atoms with van der Waals surface area (Å²) in [5.41, 5.74) is 1.69. The normalized spacial score (nSPS) is 22.9. The predicted molar refractivity (Wildman–Crippen MR) is 108 cm³/mol. The van der Waals surface area contributed by atoms with Gasteiger partial charge in [0.15, 0.2) is 0 Å². The van der Waals surface area contributed by atoms with Crippen LogP contribution in [0.25, 0.3) is 0 Å². The maximum absolute atomic E-state index is 12.9. The first-order chi connectivity index (χ1) is 13.7. The molecule has 28 heavy (non-hydrogen) atoms. The van der Waals surface area contributed by atoms with E-state index in [2.05, 4.69) is 27.4 Å². The number of aromatic nitrogens is 2. The standard InChI is InChI=1S/C21H26N4O2S/c26-20-16-13-24(12-15-4-3-11-28-15)10-8-17(16)22-19(23-20)18-5-1-2-9-25(18)21(27)14-6-7-14/h3-4,11,14,18H,1-2,5-10,12-13H2,(H,22,23,26)/t18-/m1/s1. The Morgan fingerprint density at radius 3 is 2.93 bits per heavy atom. The number of fused-ring (bicyclic) bond motifs is 1. The van der Waals surface area contributed by atoms with Crippen molar-refractivity contribution in [2.24, 2.45) is 5.92 Å². The van der Waals surface area contributed by atoms with Crippen LogP contribution in [0.1, 0.15) is 60.1 Å². The lowest BCUT2D eigenvalue weighted by Gasteiger charge is -2.36. The lowest BCUT2D eigenvalue weighted by molar-refractivity contribution is -0.136. The minimum Gasteiger partial charge on any atom is -0.332 e. The maximum atomic E-state index is 12.9. The fourth-order valence-electron chi connectivity index (χ4n) is 4.46.